The predicted molar refractivity (Wildman–Crippen MR) is 75.2 cm³/mol. The van der Waals surface area contributed by atoms with E-state index in [9.17, 15) is 4.79 Å². The Labute approximate surface area is 112 Å². The normalized spacial score (nSPS) is 29.8. The second-order valence-electron chi connectivity index (χ2n) is 6.78. The van der Waals surface area contributed by atoms with Gasteiger partial charge in [0.25, 0.3) is 0 Å². The summed E-state index contributed by atoms with van der Waals surface area (Å²) in [7, 11) is 0. The third-order valence-electron chi connectivity index (χ3n) is 4.82. The second kappa shape index (κ2) is 5.63. The summed E-state index contributed by atoms with van der Waals surface area (Å²) in [6.45, 7) is 9.79. The minimum Gasteiger partial charge on any atom is -0.339 e. The lowest BCUT2D eigenvalue weighted by atomic mass is 9.98. The van der Waals surface area contributed by atoms with Gasteiger partial charge in [-0.1, -0.05) is 27.7 Å². The quantitative estimate of drug-likeness (QED) is 0.705. The topological polar surface area (TPSA) is 20.3 Å². The Morgan fingerprint density at radius 1 is 1.11 bits per heavy atom. The van der Waals surface area contributed by atoms with Crippen LogP contribution in [0.3, 0.4) is 0 Å². The van der Waals surface area contributed by atoms with Crippen LogP contribution in [0.15, 0.2) is 0 Å². The van der Waals surface area contributed by atoms with Crippen LogP contribution in [0.25, 0.3) is 0 Å². The number of hydrogen-bond acceptors (Lipinski definition) is 1. The van der Waals surface area contributed by atoms with Crippen molar-refractivity contribution in [3.8, 4) is 0 Å². The number of rotatable bonds is 6. The standard InChI is InChI=1S/C16H29NO/c1-5-15(6-2)17(10-11(3)4)16(18)14-8-12-7-13(12)9-14/h11-15H,5-10H2,1-4H3. The molecule has 1 amide bonds. The van der Waals surface area contributed by atoms with E-state index in [0.717, 1.165) is 31.2 Å². The van der Waals surface area contributed by atoms with Gasteiger partial charge in [-0.2, -0.15) is 0 Å². The molecule has 0 aromatic heterocycles. The first-order valence-corrected chi connectivity index (χ1v) is 7.87. The van der Waals surface area contributed by atoms with E-state index < -0.39 is 0 Å². The molecular formula is C16H29NO. The van der Waals surface area contributed by atoms with Gasteiger partial charge in [0, 0.05) is 18.5 Å². The van der Waals surface area contributed by atoms with E-state index in [4.69, 9.17) is 0 Å². The van der Waals surface area contributed by atoms with Gasteiger partial charge in [-0.15, -0.1) is 0 Å². The SMILES string of the molecule is CCC(CC)N(CC(C)C)C(=O)C1CC2CC2C1. The van der Waals surface area contributed by atoms with Crippen LogP contribution < -0.4 is 0 Å². The number of carbonyl (C=O) groups excluding carboxylic acids is 1. The number of fused-ring (bicyclic) bond motifs is 1. The fourth-order valence-electron chi connectivity index (χ4n) is 3.69. The highest BCUT2D eigenvalue weighted by molar-refractivity contribution is 5.79. The van der Waals surface area contributed by atoms with Crippen molar-refractivity contribution >= 4 is 5.91 Å². The molecule has 2 aliphatic rings. The van der Waals surface area contributed by atoms with E-state index >= 15 is 0 Å². The highest BCUT2D eigenvalue weighted by Crippen LogP contribution is 2.54. The van der Waals surface area contributed by atoms with Crippen LogP contribution in [-0.4, -0.2) is 23.4 Å². The minimum absolute atomic E-state index is 0.355. The van der Waals surface area contributed by atoms with Crippen LogP contribution in [0.1, 0.15) is 59.8 Å². The Balaban J connectivity index is 1.99. The molecule has 2 heteroatoms. The van der Waals surface area contributed by atoms with E-state index in [1.54, 1.807) is 0 Å². The Hall–Kier alpha value is -0.530. The van der Waals surface area contributed by atoms with E-state index in [-0.39, 0.29) is 0 Å². The molecule has 0 radical (unpaired) electrons. The highest BCUT2D eigenvalue weighted by atomic mass is 16.2. The van der Waals surface area contributed by atoms with Gasteiger partial charge < -0.3 is 4.90 Å². The second-order valence-corrected chi connectivity index (χ2v) is 6.78. The van der Waals surface area contributed by atoms with Crippen LogP contribution in [0.4, 0.5) is 0 Å². The van der Waals surface area contributed by atoms with Crippen molar-refractivity contribution in [1.29, 1.82) is 0 Å². The van der Waals surface area contributed by atoms with Crippen molar-refractivity contribution in [3.05, 3.63) is 0 Å². The molecule has 2 fully saturated rings. The molecule has 0 aliphatic heterocycles. The zero-order valence-electron chi connectivity index (χ0n) is 12.5. The fourth-order valence-corrected chi connectivity index (χ4v) is 3.69. The van der Waals surface area contributed by atoms with Crippen LogP contribution in [0.2, 0.25) is 0 Å². The molecular weight excluding hydrogens is 222 g/mol. The summed E-state index contributed by atoms with van der Waals surface area (Å²) in [6, 6.07) is 0.455. The average Bonchev–Trinajstić information content (AvgIpc) is 2.95. The summed E-state index contributed by atoms with van der Waals surface area (Å²) >= 11 is 0. The summed E-state index contributed by atoms with van der Waals surface area (Å²) in [6.07, 6.45) is 5.94. The van der Waals surface area contributed by atoms with Gasteiger partial charge in [0.15, 0.2) is 0 Å². The Morgan fingerprint density at radius 2 is 1.67 bits per heavy atom. The summed E-state index contributed by atoms with van der Waals surface area (Å²) in [4.78, 5) is 14.9. The van der Waals surface area contributed by atoms with Crippen LogP contribution >= 0.6 is 0 Å². The molecule has 0 spiro atoms. The van der Waals surface area contributed by atoms with E-state index in [1.807, 2.05) is 0 Å². The van der Waals surface area contributed by atoms with Crippen molar-refractivity contribution in [2.45, 2.75) is 65.8 Å². The van der Waals surface area contributed by atoms with Crippen LogP contribution in [0, 0.1) is 23.7 Å². The average molecular weight is 251 g/mol. The first-order valence-electron chi connectivity index (χ1n) is 7.87. The molecule has 2 atom stereocenters. The zero-order chi connectivity index (χ0) is 13.3. The number of amides is 1. The van der Waals surface area contributed by atoms with Crippen molar-refractivity contribution < 1.29 is 4.79 Å². The number of nitrogens with zero attached hydrogens (tertiary/aromatic N) is 1. The van der Waals surface area contributed by atoms with Gasteiger partial charge in [-0.25, -0.2) is 0 Å². The Kier molecular flexibility index (Phi) is 4.34. The van der Waals surface area contributed by atoms with Crippen molar-refractivity contribution in [2.24, 2.45) is 23.7 Å². The molecule has 0 aromatic carbocycles. The van der Waals surface area contributed by atoms with Crippen molar-refractivity contribution in [2.75, 3.05) is 6.54 Å². The smallest absolute Gasteiger partial charge is 0.225 e. The summed E-state index contributed by atoms with van der Waals surface area (Å²) in [5.41, 5.74) is 0. The summed E-state index contributed by atoms with van der Waals surface area (Å²) in [5.74, 6) is 3.20. The van der Waals surface area contributed by atoms with E-state index in [2.05, 4.69) is 32.6 Å². The maximum Gasteiger partial charge on any atom is 0.225 e. The van der Waals surface area contributed by atoms with Gasteiger partial charge in [0.1, 0.15) is 0 Å². The lowest BCUT2D eigenvalue weighted by Gasteiger charge is -2.34. The van der Waals surface area contributed by atoms with Crippen LogP contribution in [-0.2, 0) is 4.79 Å². The largest absolute Gasteiger partial charge is 0.339 e. The van der Waals surface area contributed by atoms with Crippen LogP contribution in [0.5, 0.6) is 0 Å². The number of carbonyl (C=O) groups is 1. The third kappa shape index (κ3) is 2.89. The lowest BCUT2D eigenvalue weighted by Crippen LogP contribution is -2.44. The van der Waals surface area contributed by atoms with Gasteiger partial charge in [0.05, 0.1) is 0 Å². The first kappa shape index (κ1) is 13.9. The number of hydrogen-bond donors (Lipinski definition) is 0. The maximum absolute atomic E-state index is 12.7. The molecule has 0 N–H and O–H groups in total. The van der Waals surface area contributed by atoms with Gasteiger partial charge in [-0.3, -0.25) is 4.79 Å². The molecule has 2 saturated carbocycles. The Bertz CT molecular complexity index is 285. The van der Waals surface area contributed by atoms with Crippen molar-refractivity contribution in [1.82, 2.24) is 4.90 Å². The molecule has 104 valence electrons. The van der Waals surface area contributed by atoms with E-state index in [1.165, 1.54) is 19.3 Å². The minimum atomic E-state index is 0.355. The molecule has 0 heterocycles. The fraction of sp³-hybridized carbons (Fsp3) is 0.938. The van der Waals surface area contributed by atoms with Gasteiger partial charge in [-0.05, 0) is 49.9 Å². The molecule has 2 aliphatic carbocycles. The molecule has 2 rings (SSSR count). The highest BCUT2D eigenvalue weighted by Gasteiger charge is 2.49. The van der Waals surface area contributed by atoms with Gasteiger partial charge >= 0.3 is 0 Å². The van der Waals surface area contributed by atoms with E-state index in [0.29, 0.717) is 23.8 Å². The summed E-state index contributed by atoms with van der Waals surface area (Å²) in [5, 5.41) is 0. The third-order valence-corrected chi connectivity index (χ3v) is 4.82. The monoisotopic (exact) mass is 251 g/mol. The lowest BCUT2D eigenvalue weighted by molar-refractivity contribution is -0.139. The maximum atomic E-state index is 12.7. The Morgan fingerprint density at radius 3 is 2.11 bits per heavy atom. The molecule has 18 heavy (non-hydrogen) atoms. The summed E-state index contributed by atoms with van der Waals surface area (Å²) < 4.78 is 0. The zero-order valence-corrected chi connectivity index (χ0v) is 12.5. The predicted octanol–water partition coefficient (Wildman–Crippen LogP) is 3.71. The first-order chi connectivity index (χ1) is 8.56. The van der Waals surface area contributed by atoms with Gasteiger partial charge in [0.2, 0.25) is 5.91 Å². The molecule has 2 unspecified atom stereocenters. The molecule has 0 saturated heterocycles. The molecule has 0 bridgehead atoms. The molecule has 0 aromatic rings. The van der Waals surface area contributed by atoms with Crippen molar-refractivity contribution in [3.63, 3.8) is 0 Å². The molecule has 2 nitrogen and oxygen atoms in total.